The standard InChI is InChI=1S/C18H28O3S.C4H9NO2S/c1-3-4-5-6-7-8-11-22(19)15(2)12-16-9-10-17-18(13-16)21-14-20-17;1-8-2-3(5)4(6)7/h9-10,13,15H,3-8,11-12,14H2,1-2H3;3H,2,5H2,1H3,(H,6,7)/t;3-/m.0/s1. The van der Waals surface area contributed by atoms with Crippen molar-refractivity contribution in [2.75, 3.05) is 24.6 Å². The number of unbranched alkanes of at least 4 members (excludes halogenated alkanes) is 5. The molecule has 1 aromatic rings. The monoisotopic (exact) mass is 459 g/mol. The summed E-state index contributed by atoms with van der Waals surface area (Å²) in [7, 11) is -0.743. The molecule has 0 aromatic heterocycles. The molecular weight excluding hydrogens is 422 g/mol. The van der Waals surface area contributed by atoms with E-state index in [0.717, 1.165) is 30.1 Å². The fourth-order valence-corrected chi connectivity index (χ4v) is 4.74. The van der Waals surface area contributed by atoms with Crippen molar-refractivity contribution in [3.05, 3.63) is 23.8 Å². The molecule has 3 atom stereocenters. The van der Waals surface area contributed by atoms with Crippen LogP contribution in [0.1, 0.15) is 57.9 Å². The second-order valence-corrected chi connectivity index (χ2v) is 10.3. The highest BCUT2D eigenvalue weighted by Crippen LogP contribution is 2.33. The van der Waals surface area contributed by atoms with Crippen molar-refractivity contribution in [3.63, 3.8) is 0 Å². The van der Waals surface area contributed by atoms with Gasteiger partial charge in [-0.3, -0.25) is 9.00 Å². The van der Waals surface area contributed by atoms with E-state index in [1.54, 1.807) is 0 Å². The lowest BCUT2D eigenvalue weighted by molar-refractivity contribution is -0.137. The van der Waals surface area contributed by atoms with Crippen LogP contribution in [0.15, 0.2) is 18.2 Å². The molecule has 0 bridgehead atoms. The Bertz CT molecular complexity index is 656. The van der Waals surface area contributed by atoms with Crippen molar-refractivity contribution in [1.82, 2.24) is 0 Å². The van der Waals surface area contributed by atoms with Crippen LogP contribution < -0.4 is 15.2 Å². The highest BCUT2D eigenvalue weighted by Gasteiger charge is 2.16. The number of benzene rings is 1. The van der Waals surface area contributed by atoms with Gasteiger partial charge in [0.1, 0.15) is 6.04 Å². The SMILES string of the molecule is CCCCCCCCS(=O)C(C)Cc1ccc2c(c1)OCO2.CSC[C@H](N)C(=O)O. The van der Waals surface area contributed by atoms with Crippen LogP contribution in [0, 0.1) is 0 Å². The highest BCUT2D eigenvalue weighted by molar-refractivity contribution is 7.98. The molecular formula is C22H37NO5S2. The maximum atomic E-state index is 12.3. The summed E-state index contributed by atoms with van der Waals surface area (Å²) < 4.78 is 23.0. The number of hydrogen-bond donors (Lipinski definition) is 2. The topological polar surface area (TPSA) is 98.9 Å². The van der Waals surface area contributed by atoms with Crippen LogP contribution in [0.4, 0.5) is 0 Å². The average molecular weight is 460 g/mol. The molecule has 8 heteroatoms. The molecule has 0 saturated heterocycles. The Balaban J connectivity index is 0.000000479. The minimum atomic E-state index is -0.931. The van der Waals surface area contributed by atoms with Crippen LogP contribution in [-0.4, -0.2) is 51.1 Å². The number of thioether (sulfide) groups is 1. The quantitative estimate of drug-likeness (QED) is 0.426. The third-order valence-corrected chi connectivity index (χ3v) is 7.22. The number of nitrogens with two attached hydrogens (primary N) is 1. The first-order valence-corrected chi connectivity index (χ1v) is 13.4. The molecule has 0 amide bonds. The zero-order chi connectivity index (χ0) is 22.4. The lowest BCUT2D eigenvalue weighted by Gasteiger charge is -2.12. The van der Waals surface area contributed by atoms with Gasteiger partial charge < -0.3 is 20.3 Å². The first kappa shape index (κ1) is 26.8. The molecule has 0 spiro atoms. The van der Waals surface area contributed by atoms with E-state index in [4.69, 9.17) is 20.3 Å². The first-order valence-electron chi connectivity index (χ1n) is 10.6. The molecule has 1 aromatic carbocycles. The van der Waals surface area contributed by atoms with Crippen LogP contribution in [0.2, 0.25) is 0 Å². The van der Waals surface area contributed by atoms with E-state index < -0.39 is 22.8 Å². The molecule has 0 aliphatic carbocycles. The lowest BCUT2D eigenvalue weighted by Crippen LogP contribution is -2.32. The number of rotatable bonds is 13. The van der Waals surface area contributed by atoms with Gasteiger partial charge in [-0.15, -0.1) is 0 Å². The zero-order valence-electron chi connectivity index (χ0n) is 18.4. The first-order chi connectivity index (χ1) is 14.4. The lowest BCUT2D eigenvalue weighted by atomic mass is 10.1. The van der Waals surface area contributed by atoms with Crippen LogP contribution in [0.25, 0.3) is 0 Å². The van der Waals surface area contributed by atoms with E-state index >= 15 is 0 Å². The summed E-state index contributed by atoms with van der Waals surface area (Å²) in [4.78, 5) is 9.95. The summed E-state index contributed by atoms with van der Waals surface area (Å²) in [5.41, 5.74) is 6.28. The Morgan fingerprint density at radius 3 is 2.50 bits per heavy atom. The minimum absolute atomic E-state index is 0.191. The Labute approximate surface area is 187 Å². The van der Waals surface area contributed by atoms with Gasteiger partial charge in [-0.2, -0.15) is 11.8 Å². The molecule has 1 heterocycles. The zero-order valence-corrected chi connectivity index (χ0v) is 20.1. The highest BCUT2D eigenvalue weighted by atomic mass is 32.2. The van der Waals surface area contributed by atoms with Gasteiger partial charge in [0, 0.05) is 27.6 Å². The molecule has 172 valence electrons. The van der Waals surface area contributed by atoms with Crippen molar-refractivity contribution in [2.45, 2.75) is 70.1 Å². The largest absolute Gasteiger partial charge is 0.480 e. The number of carboxylic acid groups (broad SMARTS) is 1. The van der Waals surface area contributed by atoms with Gasteiger partial charge in [0.2, 0.25) is 6.79 Å². The van der Waals surface area contributed by atoms with Gasteiger partial charge in [-0.25, -0.2) is 0 Å². The number of ether oxygens (including phenoxy) is 2. The summed E-state index contributed by atoms with van der Waals surface area (Å²) >= 11 is 1.43. The number of carboxylic acids is 1. The van der Waals surface area contributed by atoms with Gasteiger partial charge in [0.25, 0.3) is 0 Å². The van der Waals surface area contributed by atoms with Crippen molar-refractivity contribution in [2.24, 2.45) is 5.73 Å². The molecule has 0 radical (unpaired) electrons. The van der Waals surface area contributed by atoms with Gasteiger partial charge in [-0.05, 0) is 36.8 Å². The summed E-state index contributed by atoms with van der Waals surface area (Å²) in [6.45, 7) is 4.61. The predicted molar refractivity (Wildman–Crippen MR) is 126 cm³/mol. The van der Waals surface area contributed by atoms with E-state index in [9.17, 15) is 9.00 Å². The molecule has 2 rings (SSSR count). The maximum Gasteiger partial charge on any atom is 0.321 e. The molecule has 3 N–H and O–H groups in total. The van der Waals surface area contributed by atoms with Crippen molar-refractivity contribution < 1.29 is 23.6 Å². The summed E-state index contributed by atoms with van der Waals surface area (Å²) in [5.74, 6) is 2.00. The second kappa shape index (κ2) is 15.5. The van der Waals surface area contributed by atoms with Crippen molar-refractivity contribution in [1.29, 1.82) is 0 Å². The Morgan fingerprint density at radius 1 is 1.20 bits per heavy atom. The van der Waals surface area contributed by atoms with E-state index in [1.807, 2.05) is 24.5 Å². The molecule has 1 aliphatic heterocycles. The number of fused-ring (bicyclic) bond motifs is 1. The van der Waals surface area contributed by atoms with Crippen LogP contribution >= 0.6 is 11.8 Å². The van der Waals surface area contributed by atoms with Crippen LogP contribution in [0.5, 0.6) is 11.5 Å². The summed E-state index contributed by atoms with van der Waals surface area (Å²) in [6, 6.07) is 5.30. The molecule has 6 nitrogen and oxygen atoms in total. The Morgan fingerprint density at radius 2 is 1.87 bits per heavy atom. The fourth-order valence-electron chi connectivity index (χ4n) is 2.97. The van der Waals surface area contributed by atoms with E-state index in [-0.39, 0.29) is 5.25 Å². The smallest absolute Gasteiger partial charge is 0.321 e. The van der Waals surface area contributed by atoms with Gasteiger partial charge >= 0.3 is 5.97 Å². The van der Waals surface area contributed by atoms with Gasteiger partial charge in [-0.1, -0.05) is 52.0 Å². The maximum absolute atomic E-state index is 12.3. The Hall–Kier alpha value is -1.25. The van der Waals surface area contributed by atoms with E-state index in [1.165, 1.54) is 49.4 Å². The second-order valence-electron chi connectivity index (χ2n) is 7.46. The van der Waals surface area contributed by atoms with Crippen molar-refractivity contribution in [3.8, 4) is 11.5 Å². The third-order valence-electron chi connectivity index (χ3n) is 4.77. The average Bonchev–Trinajstić information content (AvgIpc) is 3.19. The molecule has 1 aliphatic rings. The predicted octanol–water partition coefficient (Wildman–Crippen LogP) is 4.22. The van der Waals surface area contributed by atoms with E-state index in [2.05, 4.69) is 13.8 Å². The van der Waals surface area contributed by atoms with E-state index in [0.29, 0.717) is 12.5 Å². The van der Waals surface area contributed by atoms with Crippen molar-refractivity contribution >= 4 is 28.5 Å². The number of carbonyl (C=O) groups is 1. The third kappa shape index (κ3) is 10.7. The normalized spacial score (nSPS) is 15.1. The molecule has 0 saturated carbocycles. The van der Waals surface area contributed by atoms with Crippen LogP contribution in [-0.2, 0) is 22.0 Å². The summed E-state index contributed by atoms with van der Waals surface area (Å²) in [5, 5.41) is 8.37. The molecule has 30 heavy (non-hydrogen) atoms. The summed E-state index contributed by atoms with van der Waals surface area (Å²) in [6.07, 6.45) is 10.1. The van der Waals surface area contributed by atoms with Gasteiger partial charge in [0.15, 0.2) is 11.5 Å². The number of aliphatic carboxylic acids is 1. The fraction of sp³-hybridized carbons (Fsp3) is 0.682. The molecule has 0 fully saturated rings. The van der Waals surface area contributed by atoms with Gasteiger partial charge in [0.05, 0.1) is 0 Å². The Kier molecular flexibility index (Phi) is 13.9. The molecule has 2 unspecified atom stereocenters. The number of hydrogen-bond acceptors (Lipinski definition) is 6. The minimum Gasteiger partial charge on any atom is -0.480 e. The van der Waals surface area contributed by atoms with Crippen LogP contribution in [0.3, 0.4) is 0 Å².